The average molecular weight is 428 g/mol. The Hall–Kier alpha value is -3.39. The summed E-state index contributed by atoms with van der Waals surface area (Å²) in [6.07, 6.45) is 3.49. The number of aryl methyl sites for hydroxylation is 1. The molecule has 30 heavy (non-hydrogen) atoms. The Labute approximate surface area is 177 Å². The molecule has 0 atom stereocenters. The first kappa shape index (κ1) is 19.9. The lowest BCUT2D eigenvalue weighted by atomic mass is 10.2. The average Bonchev–Trinajstić information content (AvgIpc) is 3.44. The van der Waals surface area contributed by atoms with Gasteiger partial charge in [-0.2, -0.15) is 10.2 Å². The van der Waals surface area contributed by atoms with Crippen LogP contribution in [0.4, 0.5) is 10.1 Å². The fourth-order valence-electron chi connectivity index (χ4n) is 3.18. The summed E-state index contributed by atoms with van der Waals surface area (Å²) in [4.78, 5) is 12.7. The lowest BCUT2D eigenvalue weighted by molar-refractivity contribution is 0.0994. The van der Waals surface area contributed by atoms with E-state index in [2.05, 4.69) is 15.5 Å². The van der Waals surface area contributed by atoms with Crippen LogP contribution in [0.15, 0.2) is 53.2 Å². The number of nitrogens with one attached hydrogen (secondary N) is 1. The van der Waals surface area contributed by atoms with Gasteiger partial charge < -0.3 is 9.73 Å². The van der Waals surface area contributed by atoms with Crippen molar-refractivity contribution < 1.29 is 13.6 Å². The number of carbonyl (C=O) groups excluding carboxylic acids is 1. The number of aromatic nitrogens is 4. The lowest BCUT2D eigenvalue weighted by Crippen LogP contribution is -2.13. The van der Waals surface area contributed by atoms with E-state index in [1.165, 1.54) is 6.07 Å². The molecule has 0 bridgehead atoms. The van der Waals surface area contributed by atoms with Gasteiger partial charge in [0.05, 0.1) is 30.2 Å². The normalized spacial score (nSPS) is 11.1. The largest absolute Gasteiger partial charge is 0.454 e. The van der Waals surface area contributed by atoms with Crippen molar-refractivity contribution in [1.29, 1.82) is 0 Å². The summed E-state index contributed by atoms with van der Waals surface area (Å²) >= 11 is 6.13. The Kier molecular flexibility index (Phi) is 5.41. The molecule has 3 aromatic heterocycles. The van der Waals surface area contributed by atoms with Crippen molar-refractivity contribution in [3.8, 4) is 0 Å². The van der Waals surface area contributed by atoms with Gasteiger partial charge in [-0.3, -0.25) is 14.2 Å². The Morgan fingerprint density at radius 1 is 1.20 bits per heavy atom. The van der Waals surface area contributed by atoms with Crippen LogP contribution in [-0.2, 0) is 13.1 Å². The second kappa shape index (κ2) is 8.16. The fraction of sp³-hybridized carbons (Fsp3) is 0.190. The number of benzene rings is 1. The van der Waals surface area contributed by atoms with E-state index in [0.717, 1.165) is 0 Å². The number of anilines is 1. The molecule has 0 fully saturated rings. The fourth-order valence-corrected chi connectivity index (χ4v) is 3.40. The zero-order chi connectivity index (χ0) is 21.3. The molecule has 4 aromatic rings. The number of furan rings is 1. The van der Waals surface area contributed by atoms with Gasteiger partial charge in [-0.05, 0) is 44.2 Å². The van der Waals surface area contributed by atoms with Gasteiger partial charge in [0.25, 0.3) is 5.91 Å². The summed E-state index contributed by atoms with van der Waals surface area (Å²) in [5, 5.41) is 11.7. The molecule has 0 radical (unpaired) electrons. The minimum Gasteiger partial charge on any atom is -0.454 e. The van der Waals surface area contributed by atoms with Gasteiger partial charge in [0.2, 0.25) is 0 Å². The first-order valence-corrected chi connectivity index (χ1v) is 9.64. The summed E-state index contributed by atoms with van der Waals surface area (Å²) in [6, 6.07) is 9.70. The molecule has 0 saturated carbocycles. The predicted octanol–water partition coefficient (Wildman–Crippen LogP) is 4.43. The summed E-state index contributed by atoms with van der Waals surface area (Å²) in [5.41, 5.74) is 2.19. The van der Waals surface area contributed by atoms with Gasteiger partial charge in [-0.15, -0.1) is 0 Å². The van der Waals surface area contributed by atoms with E-state index < -0.39 is 11.7 Å². The molecule has 0 aliphatic heterocycles. The molecule has 0 saturated heterocycles. The molecular formula is C21H19ClFN5O2. The Bertz CT molecular complexity index is 1180. The van der Waals surface area contributed by atoms with E-state index in [9.17, 15) is 9.18 Å². The Morgan fingerprint density at radius 3 is 2.77 bits per heavy atom. The molecule has 4 rings (SSSR count). The van der Waals surface area contributed by atoms with Crippen LogP contribution in [0.1, 0.15) is 33.3 Å². The van der Waals surface area contributed by atoms with Crippen LogP contribution in [0.3, 0.4) is 0 Å². The highest BCUT2D eigenvalue weighted by atomic mass is 35.5. The van der Waals surface area contributed by atoms with Gasteiger partial charge in [0.1, 0.15) is 11.6 Å². The molecule has 1 aromatic carbocycles. The molecule has 9 heteroatoms. The van der Waals surface area contributed by atoms with E-state index in [1.54, 1.807) is 53.7 Å². The molecule has 7 nitrogen and oxygen atoms in total. The number of amides is 1. The van der Waals surface area contributed by atoms with Gasteiger partial charge in [-0.25, -0.2) is 4.39 Å². The molecule has 3 heterocycles. The van der Waals surface area contributed by atoms with Crippen LogP contribution < -0.4 is 5.32 Å². The number of halogens is 2. The summed E-state index contributed by atoms with van der Waals surface area (Å²) in [6.45, 7) is 4.16. The second-order valence-electron chi connectivity index (χ2n) is 6.83. The van der Waals surface area contributed by atoms with Crippen molar-refractivity contribution in [2.75, 3.05) is 5.32 Å². The van der Waals surface area contributed by atoms with Crippen LogP contribution in [-0.4, -0.2) is 25.5 Å². The zero-order valence-electron chi connectivity index (χ0n) is 16.4. The van der Waals surface area contributed by atoms with Crippen molar-refractivity contribution in [2.45, 2.75) is 26.9 Å². The SMILES string of the molecule is Cc1nn(Cc2c(F)cccc2Cl)c(C)c1NC(=O)c1ccc(Cn2cccn2)o1. The van der Waals surface area contributed by atoms with E-state index in [1.807, 2.05) is 12.3 Å². The van der Waals surface area contributed by atoms with E-state index >= 15 is 0 Å². The van der Waals surface area contributed by atoms with Crippen LogP contribution in [0.2, 0.25) is 5.02 Å². The van der Waals surface area contributed by atoms with Gasteiger partial charge in [0, 0.05) is 23.0 Å². The smallest absolute Gasteiger partial charge is 0.291 e. The molecule has 1 amide bonds. The van der Waals surface area contributed by atoms with Crippen molar-refractivity contribution in [3.05, 3.63) is 88.1 Å². The first-order valence-electron chi connectivity index (χ1n) is 9.26. The summed E-state index contributed by atoms with van der Waals surface area (Å²) < 4.78 is 23.1. The highest BCUT2D eigenvalue weighted by Gasteiger charge is 2.19. The summed E-state index contributed by atoms with van der Waals surface area (Å²) in [5.74, 6) is 0.000336. The van der Waals surface area contributed by atoms with E-state index in [0.29, 0.717) is 40.0 Å². The Morgan fingerprint density at radius 2 is 2.03 bits per heavy atom. The van der Waals surface area contributed by atoms with Gasteiger partial charge in [0.15, 0.2) is 5.76 Å². The number of rotatable bonds is 6. The maximum atomic E-state index is 14.1. The van der Waals surface area contributed by atoms with Crippen molar-refractivity contribution >= 4 is 23.2 Å². The Balaban J connectivity index is 1.51. The molecule has 0 aliphatic carbocycles. The van der Waals surface area contributed by atoms with Crippen molar-refractivity contribution in [2.24, 2.45) is 0 Å². The topological polar surface area (TPSA) is 77.9 Å². The minimum atomic E-state index is -0.402. The van der Waals surface area contributed by atoms with E-state index in [-0.39, 0.29) is 12.3 Å². The third-order valence-corrected chi connectivity index (χ3v) is 5.11. The van der Waals surface area contributed by atoms with Crippen LogP contribution >= 0.6 is 11.6 Å². The van der Waals surface area contributed by atoms with Gasteiger partial charge in [-0.1, -0.05) is 17.7 Å². The lowest BCUT2D eigenvalue weighted by Gasteiger charge is -2.09. The third kappa shape index (κ3) is 3.99. The highest BCUT2D eigenvalue weighted by Crippen LogP contribution is 2.25. The number of hydrogen-bond donors (Lipinski definition) is 1. The zero-order valence-corrected chi connectivity index (χ0v) is 17.2. The maximum absolute atomic E-state index is 14.1. The third-order valence-electron chi connectivity index (χ3n) is 4.75. The molecule has 0 spiro atoms. The van der Waals surface area contributed by atoms with Crippen LogP contribution in [0.25, 0.3) is 0 Å². The second-order valence-corrected chi connectivity index (χ2v) is 7.23. The van der Waals surface area contributed by atoms with E-state index in [4.69, 9.17) is 16.0 Å². The highest BCUT2D eigenvalue weighted by molar-refractivity contribution is 6.31. The number of carbonyl (C=O) groups is 1. The molecular weight excluding hydrogens is 409 g/mol. The molecule has 0 aliphatic rings. The van der Waals surface area contributed by atoms with Crippen molar-refractivity contribution in [1.82, 2.24) is 19.6 Å². The molecule has 0 unspecified atom stereocenters. The quantitative estimate of drug-likeness (QED) is 0.493. The van der Waals surface area contributed by atoms with Crippen LogP contribution in [0.5, 0.6) is 0 Å². The van der Waals surface area contributed by atoms with Gasteiger partial charge >= 0.3 is 0 Å². The predicted molar refractivity (Wildman–Crippen MR) is 110 cm³/mol. The monoisotopic (exact) mass is 427 g/mol. The molecule has 1 N–H and O–H groups in total. The number of nitrogens with zero attached hydrogens (tertiary/aromatic N) is 4. The minimum absolute atomic E-state index is 0.156. The molecule has 154 valence electrons. The first-order chi connectivity index (χ1) is 14.4. The maximum Gasteiger partial charge on any atom is 0.291 e. The van der Waals surface area contributed by atoms with Crippen LogP contribution in [0, 0.1) is 19.7 Å². The standard InChI is InChI=1S/C21H19ClFN5O2/c1-13-20(14(2)28(26-13)12-16-17(22)5-3-6-18(16)23)25-21(29)19-8-7-15(30-19)11-27-10-4-9-24-27/h3-10H,11-12H2,1-2H3,(H,25,29). The number of hydrogen-bond acceptors (Lipinski definition) is 4. The summed E-state index contributed by atoms with van der Waals surface area (Å²) in [7, 11) is 0. The van der Waals surface area contributed by atoms with Crippen molar-refractivity contribution in [3.63, 3.8) is 0 Å².